The van der Waals surface area contributed by atoms with Crippen LogP contribution in [0.25, 0.3) is 5.76 Å². The summed E-state index contributed by atoms with van der Waals surface area (Å²) in [6, 6.07) is 17.4. The number of anilines is 1. The molecule has 0 aliphatic carbocycles. The molecule has 1 amide bonds. The molecule has 2 unspecified atom stereocenters. The van der Waals surface area contributed by atoms with E-state index in [1.54, 1.807) is 60.7 Å². The molecule has 0 radical (unpaired) electrons. The summed E-state index contributed by atoms with van der Waals surface area (Å²) in [5.74, 6) is -0.508. The van der Waals surface area contributed by atoms with E-state index in [1.807, 2.05) is 6.92 Å². The van der Waals surface area contributed by atoms with Crippen LogP contribution in [0, 0.1) is 5.82 Å². The molecule has 4 aromatic rings. The first kappa shape index (κ1) is 28.6. The molecule has 1 aromatic heterocycles. The summed E-state index contributed by atoms with van der Waals surface area (Å²) in [6.45, 7) is 5.91. The number of fused-ring (bicyclic) bond motifs is 1. The molecule has 43 heavy (non-hydrogen) atoms. The monoisotopic (exact) mass is 615 g/mol. The van der Waals surface area contributed by atoms with E-state index >= 15 is 0 Å². The number of amides is 1. The molecule has 3 aromatic carbocycles. The summed E-state index contributed by atoms with van der Waals surface area (Å²) in [5.41, 5.74) is 2.71. The zero-order valence-corrected chi connectivity index (χ0v) is 24.7. The summed E-state index contributed by atoms with van der Waals surface area (Å²) in [4.78, 5) is 28.5. The lowest BCUT2D eigenvalue weighted by Crippen LogP contribution is -2.29. The van der Waals surface area contributed by atoms with E-state index in [4.69, 9.17) is 9.47 Å². The second kappa shape index (κ2) is 12.0. The summed E-state index contributed by atoms with van der Waals surface area (Å²) >= 11 is 2.54. The Balaban J connectivity index is 1.39. The van der Waals surface area contributed by atoms with Gasteiger partial charge >= 0.3 is 5.91 Å². The number of thioether (sulfide) groups is 1. The van der Waals surface area contributed by atoms with Gasteiger partial charge in [-0.05, 0) is 66.1 Å². The average molecular weight is 616 g/mol. The van der Waals surface area contributed by atoms with E-state index in [2.05, 4.69) is 16.8 Å². The zero-order valence-electron chi connectivity index (χ0n) is 23.0. The molecule has 2 aliphatic heterocycles. The van der Waals surface area contributed by atoms with Gasteiger partial charge in [0.25, 0.3) is 5.78 Å². The summed E-state index contributed by atoms with van der Waals surface area (Å²) in [5, 5.41) is 20.3. The molecule has 8 nitrogen and oxygen atoms in total. The smallest absolute Gasteiger partial charge is 0.301 e. The van der Waals surface area contributed by atoms with Crippen molar-refractivity contribution in [3.63, 3.8) is 0 Å². The van der Waals surface area contributed by atoms with Gasteiger partial charge < -0.3 is 14.6 Å². The van der Waals surface area contributed by atoms with Crippen LogP contribution >= 0.6 is 23.1 Å². The minimum Gasteiger partial charge on any atom is -0.507 e. The van der Waals surface area contributed by atoms with Crippen molar-refractivity contribution in [1.29, 1.82) is 0 Å². The predicted molar refractivity (Wildman–Crippen MR) is 163 cm³/mol. The van der Waals surface area contributed by atoms with Gasteiger partial charge in [0.15, 0.2) is 4.34 Å². The van der Waals surface area contributed by atoms with Gasteiger partial charge in [0.05, 0.1) is 11.6 Å². The number of carbonyl (C=O) groups excluding carboxylic acids is 2. The highest BCUT2D eigenvalue weighted by molar-refractivity contribution is 8.00. The SMILES string of the molecule is C=CCOc1cccc(C2/C(=C(/O)c3ccc4c(c3)CC(C)O4)C(=O)C(=O)N2c2nnc(SCc3ccc(F)cc3)s2)c1. The Kier molecular flexibility index (Phi) is 8.00. The summed E-state index contributed by atoms with van der Waals surface area (Å²) < 4.78 is 25.4. The Morgan fingerprint density at radius 1 is 1.19 bits per heavy atom. The molecular weight excluding hydrogens is 590 g/mol. The third-order valence-electron chi connectivity index (χ3n) is 7.03. The molecule has 1 N–H and O–H groups in total. The topological polar surface area (TPSA) is 102 Å². The van der Waals surface area contributed by atoms with Crippen molar-refractivity contribution in [3.8, 4) is 11.5 Å². The molecule has 11 heteroatoms. The number of ketones is 1. The largest absolute Gasteiger partial charge is 0.507 e. The average Bonchev–Trinajstić information content (AvgIpc) is 3.70. The normalized spacial score (nSPS) is 18.9. The number of aliphatic hydroxyl groups excluding tert-OH is 1. The number of halogens is 1. The first-order valence-corrected chi connectivity index (χ1v) is 15.3. The minimum atomic E-state index is -0.987. The van der Waals surface area contributed by atoms with Crippen LogP contribution in [-0.4, -0.2) is 39.7 Å². The van der Waals surface area contributed by atoms with E-state index in [9.17, 15) is 19.1 Å². The first-order chi connectivity index (χ1) is 20.8. The number of ether oxygens (including phenoxy) is 2. The number of aromatic nitrogens is 2. The predicted octanol–water partition coefficient (Wildman–Crippen LogP) is 6.48. The van der Waals surface area contributed by atoms with Crippen LogP contribution in [0.2, 0.25) is 0 Å². The zero-order chi connectivity index (χ0) is 30.1. The highest BCUT2D eigenvalue weighted by Crippen LogP contribution is 2.45. The molecule has 2 atom stereocenters. The summed E-state index contributed by atoms with van der Waals surface area (Å²) in [6.07, 6.45) is 2.28. The third-order valence-corrected chi connectivity index (χ3v) is 9.16. The number of carbonyl (C=O) groups is 2. The van der Waals surface area contributed by atoms with Crippen molar-refractivity contribution in [3.05, 3.63) is 113 Å². The Bertz CT molecular complexity index is 1750. The highest BCUT2D eigenvalue weighted by atomic mass is 32.2. The van der Waals surface area contributed by atoms with Gasteiger partial charge in [0.2, 0.25) is 5.13 Å². The van der Waals surface area contributed by atoms with Gasteiger partial charge in [-0.15, -0.1) is 10.2 Å². The molecule has 6 rings (SSSR count). The number of hydrogen-bond acceptors (Lipinski definition) is 9. The van der Waals surface area contributed by atoms with Crippen LogP contribution in [0.1, 0.15) is 35.2 Å². The van der Waals surface area contributed by atoms with E-state index in [0.717, 1.165) is 28.2 Å². The number of nitrogens with zero attached hydrogens (tertiary/aromatic N) is 3. The van der Waals surface area contributed by atoms with Crippen molar-refractivity contribution in [2.24, 2.45) is 0 Å². The van der Waals surface area contributed by atoms with Crippen molar-refractivity contribution in [2.75, 3.05) is 11.5 Å². The van der Waals surface area contributed by atoms with Gasteiger partial charge in [0, 0.05) is 17.7 Å². The lowest BCUT2D eigenvalue weighted by molar-refractivity contribution is -0.132. The first-order valence-electron chi connectivity index (χ1n) is 13.5. The maximum Gasteiger partial charge on any atom is 0.301 e. The van der Waals surface area contributed by atoms with Gasteiger partial charge in [-0.3, -0.25) is 14.5 Å². The molecule has 218 valence electrons. The lowest BCUT2D eigenvalue weighted by atomic mass is 9.94. The molecule has 1 fully saturated rings. The van der Waals surface area contributed by atoms with Crippen LogP contribution in [-0.2, 0) is 21.8 Å². The molecule has 2 aliphatic rings. The van der Waals surface area contributed by atoms with Gasteiger partial charge in [-0.2, -0.15) is 0 Å². The lowest BCUT2D eigenvalue weighted by Gasteiger charge is -2.23. The Morgan fingerprint density at radius 3 is 2.79 bits per heavy atom. The molecule has 0 spiro atoms. The second-order valence-corrected chi connectivity index (χ2v) is 12.2. The highest BCUT2D eigenvalue weighted by Gasteiger charge is 2.48. The number of Topliss-reactive ketones (excluding diaryl/α,β-unsaturated/α-hetero) is 1. The van der Waals surface area contributed by atoms with Crippen molar-refractivity contribution >= 4 is 45.7 Å². The molecule has 3 heterocycles. The molecular formula is C32H26FN3O5S2. The van der Waals surface area contributed by atoms with Crippen LogP contribution < -0.4 is 14.4 Å². The minimum absolute atomic E-state index is 0.00353. The van der Waals surface area contributed by atoms with Crippen molar-refractivity contribution in [2.45, 2.75) is 35.6 Å². The van der Waals surface area contributed by atoms with Crippen LogP contribution in [0.3, 0.4) is 0 Å². The number of rotatable bonds is 9. The number of hydrogen-bond donors (Lipinski definition) is 1. The molecule has 1 saturated heterocycles. The Hall–Kier alpha value is -4.48. The maximum absolute atomic E-state index is 13.6. The number of benzene rings is 3. The van der Waals surface area contributed by atoms with E-state index < -0.39 is 17.7 Å². The van der Waals surface area contributed by atoms with Crippen LogP contribution in [0.4, 0.5) is 9.52 Å². The van der Waals surface area contributed by atoms with Crippen molar-refractivity contribution in [1.82, 2.24) is 10.2 Å². The van der Waals surface area contributed by atoms with E-state index in [-0.39, 0.29) is 35.0 Å². The quantitative estimate of drug-likeness (QED) is 0.0570. The molecule has 0 saturated carbocycles. The van der Waals surface area contributed by atoms with E-state index in [1.165, 1.54) is 28.8 Å². The van der Waals surface area contributed by atoms with Gasteiger partial charge in [-0.1, -0.05) is 60.0 Å². The fourth-order valence-electron chi connectivity index (χ4n) is 5.08. The Labute approximate surface area is 255 Å². The maximum atomic E-state index is 13.6. The van der Waals surface area contributed by atoms with Crippen molar-refractivity contribution < 1.29 is 28.6 Å². The van der Waals surface area contributed by atoms with Gasteiger partial charge in [-0.25, -0.2) is 4.39 Å². The van der Waals surface area contributed by atoms with Crippen LogP contribution in [0.5, 0.6) is 11.5 Å². The third kappa shape index (κ3) is 5.78. The standard InChI is InChI=1S/C32H26FN3O5S2/c1-3-13-40-24-6-4-5-20(16-24)27-26(28(37)21-9-12-25-22(15-21)14-18(2)41-25)29(38)30(39)36(27)31-34-35-32(43-31)42-17-19-7-10-23(33)11-8-19/h3-12,15-16,18,27,37H,1,13-14,17H2,2H3/b28-26-. The van der Waals surface area contributed by atoms with Crippen LogP contribution in [0.15, 0.2) is 89.3 Å². The van der Waals surface area contributed by atoms with E-state index in [0.29, 0.717) is 33.4 Å². The fraction of sp³-hybridized carbons (Fsp3) is 0.188. The number of aliphatic hydroxyl groups is 1. The Morgan fingerprint density at radius 2 is 2.00 bits per heavy atom. The fourth-order valence-corrected chi connectivity index (χ4v) is 6.91. The second-order valence-electron chi connectivity index (χ2n) is 10.1. The van der Waals surface area contributed by atoms with Gasteiger partial charge in [0.1, 0.15) is 35.8 Å². The summed E-state index contributed by atoms with van der Waals surface area (Å²) in [7, 11) is 0. The molecule has 0 bridgehead atoms.